The number of fused-ring (bicyclic) bond motifs is 1. The van der Waals surface area contributed by atoms with Gasteiger partial charge in [-0.05, 0) is 33.9 Å². The Morgan fingerprint density at radius 3 is 3.00 bits per heavy atom. The number of aromatic nitrogens is 1. The first kappa shape index (κ1) is 13.8. The molecule has 1 atom stereocenters. The van der Waals surface area contributed by atoms with Gasteiger partial charge in [0, 0.05) is 24.2 Å². The Morgan fingerprint density at radius 2 is 2.37 bits per heavy atom. The summed E-state index contributed by atoms with van der Waals surface area (Å²) in [5.41, 5.74) is 1.11. The first-order valence-electron chi connectivity index (χ1n) is 6.50. The summed E-state index contributed by atoms with van der Waals surface area (Å²) in [5.74, 6) is 0.237. The molecule has 0 saturated carbocycles. The number of ether oxygens (including phenoxy) is 2. The molecule has 0 fully saturated rings. The summed E-state index contributed by atoms with van der Waals surface area (Å²) in [5, 5.41) is 3.24. The topological polar surface area (TPSA) is 60.5 Å². The molecule has 2 rings (SSSR count). The van der Waals surface area contributed by atoms with Crippen molar-refractivity contribution in [2.24, 2.45) is 0 Å². The van der Waals surface area contributed by atoms with Gasteiger partial charge < -0.3 is 14.8 Å². The zero-order chi connectivity index (χ0) is 14.0. The Labute approximate surface area is 113 Å². The molecule has 1 aromatic heterocycles. The van der Waals surface area contributed by atoms with Crippen LogP contribution in [0.15, 0.2) is 12.3 Å². The Kier molecular flexibility index (Phi) is 3.75. The second kappa shape index (κ2) is 5.17. The van der Waals surface area contributed by atoms with Gasteiger partial charge in [0.25, 0.3) is 0 Å². The molecule has 0 saturated heterocycles. The predicted octanol–water partition coefficient (Wildman–Crippen LogP) is 2.08. The van der Waals surface area contributed by atoms with Crippen molar-refractivity contribution >= 4 is 5.97 Å². The van der Waals surface area contributed by atoms with Crippen LogP contribution in [0.3, 0.4) is 0 Å². The second-order valence-corrected chi connectivity index (χ2v) is 5.25. The largest absolute Gasteiger partial charge is 0.471 e. The van der Waals surface area contributed by atoms with E-state index in [1.165, 1.54) is 6.20 Å². The van der Waals surface area contributed by atoms with Crippen molar-refractivity contribution in [2.75, 3.05) is 13.7 Å². The third kappa shape index (κ3) is 2.87. The number of rotatable bonds is 3. The fourth-order valence-electron chi connectivity index (χ4n) is 2.29. The molecule has 0 bridgehead atoms. The van der Waals surface area contributed by atoms with E-state index < -0.39 is 0 Å². The van der Waals surface area contributed by atoms with Crippen LogP contribution in [0.2, 0.25) is 0 Å². The number of carbonyl (C=O) groups excluding carboxylic acids is 1. The lowest BCUT2D eigenvalue weighted by Crippen LogP contribution is -2.39. The van der Waals surface area contributed by atoms with Crippen molar-refractivity contribution in [1.82, 2.24) is 10.3 Å². The molecule has 0 unspecified atom stereocenters. The van der Waals surface area contributed by atoms with E-state index in [0.29, 0.717) is 18.1 Å². The Hall–Kier alpha value is -1.62. The predicted molar refractivity (Wildman–Crippen MR) is 71.3 cm³/mol. The molecule has 0 amide bonds. The van der Waals surface area contributed by atoms with Gasteiger partial charge in [-0.3, -0.25) is 0 Å². The second-order valence-electron chi connectivity index (χ2n) is 5.25. The minimum absolute atomic E-state index is 0.126. The van der Waals surface area contributed by atoms with Gasteiger partial charge in [0.05, 0.1) is 12.2 Å². The zero-order valence-corrected chi connectivity index (χ0v) is 11.8. The summed E-state index contributed by atoms with van der Waals surface area (Å²) in [6.45, 7) is 6.20. The van der Waals surface area contributed by atoms with E-state index in [1.807, 2.05) is 20.9 Å². The number of hydrogen-bond acceptors (Lipinski definition) is 5. The summed E-state index contributed by atoms with van der Waals surface area (Å²) in [6, 6.07) is 1.93. The van der Waals surface area contributed by atoms with E-state index in [1.54, 1.807) is 13.0 Å². The van der Waals surface area contributed by atoms with Crippen LogP contribution in [-0.2, 0) is 4.74 Å². The minimum atomic E-state index is -0.350. The molecule has 104 valence electrons. The van der Waals surface area contributed by atoms with E-state index in [-0.39, 0.29) is 17.6 Å². The molecule has 5 heteroatoms. The number of nitrogens with zero attached hydrogens (tertiary/aromatic N) is 1. The number of hydrogen-bond donors (Lipinski definition) is 1. The van der Waals surface area contributed by atoms with E-state index in [2.05, 4.69) is 10.3 Å². The van der Waals surface area contributed by atoms with Gasteiger partial charge in [-0.1, -0.05) is 0 Å². The van der Waals surface area contributed by atoms with E-state index in [9.17, 15) is 4.79 Å². The fraction of sp³-hybridized carbons (Fsp3) is 0.571. The lowest BCUT2D eigenvalue weighted by Gasteiger charge is -2.36. The molecular formula is C14H20N2O3. The number of carbonyl (C=O) groups is 1. The maximum absolute atomic E-state index is 11.7. The third-order valence-corrected chi connectivity index (χ3v) is 3.18. The average molecular weight is 264 g/mol. The number of esters is 1. The smallest absolute Gasteiger partial charge is 0.339 e. The van der Waals surface area contributed by atoms with Crippen molar-refractivity contribution in [1.29, 1.82) is 0 Å². The first-order chi connectivity index (χ1) is 8.96. The van der Waals surface area contributed by atoms with Crippen LogP contribution in [0.25, 0.3) is 0 Å². The molecule has 1 aromatic rings. The number of nitrogens with one attached hydrogen (secondary N) is 1. The van der Waals surface area contributed by atoms with Gasteiger partial charge in [0.1, 0.15) is 5.60 Å². The normalized spacial score (nSPS) is 20.3. The summed E-state index contributed by atoms with van der Waals surface area (Å²) >= 11 is 0. The van der Waals surface area contributed by atoms with Crippen LogP contribution in [0.5, 0.6) is 5.88 Å². The van der Waals surface area contributed by atoms with Gasteiger partial charge in [-0.2, -0.15) is 0 Å². The SMILES string of the molecule is CCOC(=O)c1cnc2c(c1)[C@@H](NC)CC(C)(C)O2. The highest BCUT2D eigenvalue weighted by Gasteiger charge is 2.34. The summed E-state index contributed by atoms with van der Waals surface area (Å²) in [7, 11) is 1.90. The molecule has 0 radical (unpaired) electrons. The highest BCUT2D eigenvalue weighted by molar-refractivity contribution is 5.89. The van der Waals surface area contributed by atoms with Crippen molar-refractivity contribution < 1.29 is 14.3 Å². The van der Waals surface area contributed by atoms with Crippen LogP contribution in [-0.4, -0.2) is 30.2 Å². The van der Waals surface area contributed by atoms with Crippen molar-refractivity contribution in [3.05, 3.63) is 23.4 Å². The van der Waals surface area contributed by atoms with Crippen molar-refractivity contribution in [3.63, 3.8) is 0 Å². The molecular weight excluding hydrogens is 244 g/mol. The molecule has 2 heterocycles. The summed E-state index contributed by atoms with van der Waals surface area (Å²) in [4.78, 5) is 16.0. The quantitative estimate of drug-likeness (QED) is 0.847. The van der Waals surface area contributed by atoms with Gasteiger partial charge in [-0.25, -0.2) is 9.78 Å². The van der Waals surface area contributed by atoms with Gasteiger partial charge in [0.2, 0.25) is 5.88 Å². The van der Waals surface area contributed by atoms with Crippen molar-refractivity contribution in [2.45, 2.75) is 38.8 Å². The molecule has 0 spiro atoms. The lowest BCUT2D eigenvalue weighted by atomic mass is 9.91. The van der Waals surface area contributed by atoms with E-state index in [4.69, 9.17) is 9.47 Å². The van der Waals surface area contributed by atoms with Gasteiger partial charge in [-0.15, -0.1) is 0 Å². The third-order valence-electron chi connectivity index (χ3n) is 3.18. The maximum Gasteiger partial charge on any atom is 0.339 e. The molecule has 19 heavy (non-hydrogen) atoms. The first-order valence-corrected chi connectivity index (χ1v) is 6.50. The Bertz CT molecular complexity index is 486. The van der Waals surface area contributed by atoms with Crippen LogP contribution >= 0.6 is 0 Å². The van der Waals surface area contributed by atoms with Gasteiger partial charge >= 0.3 is 5.97 Å². The Morgan fingerprint density at radius 1 is 1.63 bits per heavy atom. The maximum atomic E-state index is 11.7. The molecule has 0 aromatic carbocycles. The standard InChI is InChI=1S/C14H20N2O3/c1-5-18-13(17)9-6-10-11(15-4)7-14(2,3)19-12(10)16-8-9/h6,8,11,15H,5,7H2,1-4H3/t11-/m0/s1. The molecule has 1 aliphatic heterocycles. The summed E-state index contributed by atoms with van der Waals surface area (Å²) < 4.78 is 10.8. The van der Waals surface area contributed by atoms with Crippen molar-refractivity contribution in [3.8, 4) is 5.88 Å². The van der Waals surface area contributed by atoms with Crippen LogP contribution in [0.4, 0.5) is 0 Å². The molecule has 1 aliphatic rings. The monoisotopic (exact) mass is 264 g/mol. The van der Waals surface area contributed by atoms with E-state index >= 15 is 0 Å². The summed E-state index contributed by atoms with van der Waals surface area (Å²) in [6.07, 6.45) is 2.33. The Balaban J connectivity index is 2.36. The molecule has 1 N–H and O–H groups in total. The average Bonchev–Trinajstić information content (AvgIpc) is 2.36. The van der Waals surface area contributed by atoms with Crippen LogP contribution in [0.1, 0.15) is 49.2 Å². The van der Waals surface area contributed by atoms with E-state index in [0.717, 1.165) is 12.0 Å². The van der Waals surface area contributed by atoms with Crippen LogP contribution in [0, 0.1) is 0 Å². The highest BCUT2D eigenvalue weighted by Crippen LogP contribution is 2.38. The fourth-order valence-corrected chi connectivity index (χ4v) is 2.29. The highest BCUT2D eigenvalue weighted by atomic mass is 16.5. The minimum Gasteiger partial charge on any atom is -0.471 e. The molecule has 0 aliphatic carbocycles. The number of pyridine rings is 1. The molecule has 5 nitrogen and oxygen atoms in total. The zero-order valence-electron chi connectivity index (χ0n) is 11.8. The lowest BCUT2D eigenvalue weighted by molar-refractivity contribution is 0.0520. The van der Waals surface area contributed by atoms with Crippen LogP contribution < -0.4 is 10.1 Å². The van der Waals surface area contributed by atoms with Gasteiger partial charge in [0.15, 0.2) is 0 Å².